The number of nitrogens with zero attached hydrogens (tertiary/aromatic N) is 2. The predicted molar refractivity (Wildman–Crippen MR) is 74.0 cm³/mol. The van der Waals surface area contributed by atoms with E-state index < -0.39 is 17.4 Å². The van der Waals surface area contributed by atoms with Gasteiger partial charge in [0.1, 0.15) is 5.41 Å². The molecule has 0 bridgehead atoms. The number of hydrogen-bond donors (Lipinski definition) is 0. The van der Waals surface area contributed by atoms with Crippen molar-refractivity contribution in [1.29, 1.82) is 5.26 Å². The normalized spacial score (nSPS) is 10.5. The van der Waals surface area contributed by atoms with Gasteiger partial charge in [-0.2, -0.15) is 5.26 Å². The molecule has 0 aliphatic rings. The maximum Gasteiger partial charge on any atom is 0.307 e. The lowest BCUT2D eigenvalue weighted by molar-refractivity contribution is -0.146. The number of rotatable bonds is 7. The van der Waals surface area contributed by atoms with Crippen LogP contribution in [-0.2, 0) is 24.5 Å². The first-order valence-corrected chi connectivity index (χ1v) is 6.71. The summed E-state index contributed by atoms with van der Waals surface area (Å²) in [5.41, 5.74) is -0.761. The molecule has 0 aliphatic heterocycles. The first kappa shape index (κ1) is 16.6. The van der Waals surface area contributed by atoms with Gasteiger partial charge in [0, 0.05) is 12.4 Å². The van der Waals surface area contributed by atoms with E-state index in [9.17, 15) is 14.9 Å². The molecule has 0 spiro atoms. The van der Waals surface area contributed by atoms with Gasteiger partial charge in [-0.1, -0.05) is 0 Å². The van der Waals surface area contributed by atoms with Crippen molar-refractivity contribution in [2.75, 3.05) is 13.2 Å². The Hall–Kier alpha value is -2.42. The molecule has 112 valence electrons. The van der Waals surface area contributed by atoms with Crippen LogP contribution in [0.15, 0.2) is 24.5 Å². The number of nitriles is 1. The Labute approximate surface area is 123 Å². The highest BCUT2D eigenvalue weighted by molar-refractivity contribution is 5.77. The highest BCUT2D eigenvalue weighted by Gasteiger charge is 2.38. The van der Waals surface area contributed by atoms with E-state index in [4.69, 9.17) is 9.47 Å². The summed E-state index contributed by atoms with van der Waals surface area (Å²) in [6.45, 7) is 3.81. The molecular weight excluding hydrogens is 272 g/mol. The number of esters is 2. The van der Waals surface area contributed by atoms with Crippen LogP contribution in [0.3, 0.4) is 0 Å². The summed E-state index contributed by atoms with van der Waals surface area (Å²) in [4.78, 5) is 27.5. The van der Waals surface area contributed by atoms with Gasteiger partial charge in [-0.25, -0.2) is 0 Å². The maximum atomic E-state index is 11.8. The van der Waals surface area contributed by atoms with E-state index in [-0.39, 0.29) is 26.1 Å². The number of ether oxygens (including phenoxy) is 2. The van der Waals surface area contributed by atoms with Crippen molar-refractivity contribution in [3.8, 4) is 6.07 Å². The summed E-state index contributed by atoms with van der Waals surface area (Å²) in [6.07, 6.45) is 2.61. The molecule has 0 unspecified atom stereocenters. The fourth-order valence-electron chi connectivity index (χ4n) is 2.00. The highest BCUT2D eigenvalue weighted by atomic mass is 16.5. The van der Waals surface area contributed by atoms with Crippen molar-refractivity contribution in [2.45, 2.75) is 32.1 Å². The SMILES string of the molecule is CCOC(=O)CC(C#N)(CC(=O)OCC)c1ccncc1. The highest BCUT2D eigenvalue weighted by Crippen LogP contribution is 2.32. The molecule has 0 aromatic carbocycles. The second-order valence-electron chi connectivity index (χ2n) is 4.39. The molecule has 1 aromatic heterocycles. The molecule has 0 N–H and O–H groups in total. The smallest absolute Gasteiger partial charge is 0.307 e. The van der Waals surface area contributed by atoms with Crippen molar-refractivity contribution >= 4 is 11.9 Å². The molecule has 0 saturated heterocycles. The molecule has 0 saturated carbocycles. The molecule has 0 fully saturated rings. The monoisotopic (exact) mass is 290 g/mol. The molecule has 1 aromatic rings. The first-order valence-electron chi connectivity index (χ1n) is 6.71. The Morgan fingerprint density at radius 3 is 2.00 bits per heavy atom. The summed E-state index contributed by atoms with van der Waals surface area (Å²) in [6, 6.07) is 5.31. The predicted octanol–water partition coefficient (Wildman–Crippen LogP) is 1.75. The van der Waals surface area contributed by atoms with Crippen LogP contribution in [-0.4, -0.2) is 30.1 Å². The minimum Gasteiger partial charge on any atom is -0.466 e. The lowest BCUT2D eigenvalue weighted by Gasteiger charge is -2.25. The zero-order valence-electron chi connectivity index (χ0n) is 12.2. The van der Waals surface area contributed by atoms with Gasteiger partial charge >= 0.3 is 11.9 Å². The summed E-state index contributed by atoms with van der Waals surface area (Å²) < 4.78 is 9.81. The lowest BCUT2D eigenvalue weighted by atomic mass is 9.76. The van der Waals surface area contributed by atoms with Crippen molar-refractivity contribution in [2.24, 2.45) is 0 Å². The molecule has 6 heteroatoms. The van der Waals surface area contributed by atoms with Crippen LogP contribution in [0.25, 0.3) is 0 Å². The van der Waals surface area contributed by atoms with Crippen LogP contribution in [0.5, 0.6) is 0 Å². The van der Waals surface area contributed by atoms with E-state index in [2.05, 4.69) is 11.1 Å². The average molecular weight is 290 g/mol. The van der Waals surface area contributed by atoms with E-state index in [1.54, 1.807) is 26.0 Å². The molecule has 21 heavy (non-hydrogen) atoms. The number of carbonyl (C=O) groups excluding carboxylic acids is 2. The van der Waals surface area contributed by atoms with Crippen LogP contribution in [0.1, 0.15) is 32.3 Å². The van der Waals surface area contributed by atoms with E-state index in [0.717, 1.165) is 0 Å². The third kappa shape index (κ3) is 4.56. The third-order valence-electron chi connectivity index (χ3n) is 2.95. The molecule has 1 heterocycles. The minimum atomic E-state index is -1.30. The summed E-state index contributed by atoms with van der Waals surface area (Å²) in [5.74, 6) is -1.06. The number of hydrogen-bond acceptors (Lipinski definition) is 6. The Bertz CT molecular complexity index is 502. The average Bonchev–Trinajstić information content (AvgIpc) is 2.48. The van der Waals surface area contributed by atoms with Gasteiger partial charge in [-0.15, -0.1) is 0 Å². The van der Waals surface area contributed by atoms with Gasteiger partial charge in [-0.3, -0.25) is 14.6 Å². The zero-order chi connectivity index (χ0) is 15.7. The minimum absolute atomic E-state index is 0.208. The van der Waals surface area contributed by atoms with Crippen molar-refractivity contribution in [3.05, 3.63) is 30.1 Å². The zero-order valence-corrected chi connectivity index (χ0v) is 12.2. The van der Waals surface area contributed by atoms with Crippen molar-refractivity contribution in [3.63, 3.8) is 0 Å². The lowest BCUT2D eigenvalue weighted by Crippen LogP contribution is -2.32. The van der Waals surface area contributed by atoms with Gasteiger partial charge in [0.25, 0.3) is 0 Å². The number of aromatic nitrogens is 1. The Balaban J connectivity index is 3.10. The van der Waals surface area contributed by atoms with Gasteiger partial charge in [0.15, 0.2) is 0 Å². The van der Waals surface area contributed by atoms with Crippen LogP contribution in [0.2, 0.25) is 0 Å². The Morgan fingerprint density at radius 1 is 1.14 bits per heavy atom. The van der Waals surface area contributed by atoms with Crippen LogP contribution in [0.4, 0.5) is 0 Å². The van der Waals surface area contributed by atoms with E-state index in [0.29, 0.717) is 5.56 Å². The van der Waals surface area contributed by atoms with Gasteiger partial charge in [0.2, 0.25) is 0 Å². The number of pyridine rings is 1. The number of carbonyl (C=O) groups is 2. The molecule has 0 aliphatic carbocycles. The molecule has 0 atom stereocenters. The summed E-state index contributed by atoms with van der Waals surface area (Å²) in [7, 11) is 0. The largest absolute Gasteiger partial charge is 0.466 e. The van der Waals surface area contributed by atoms with Crippen LogP contribution < -0.4 is 0 Å². The quantitative estimate of drug-likeness (QED) is 0.711. The molecule has 6 nitrogen and oxygen atoms in total. The molecule has 0 amide bonds. The molecular formula is C15H18N2O4. The summed E-state index contributed by atoms with van der Waals surface area (Å²) in [5, 5.41) is 9.58. The fraction of sp³-hybridized carbons (Fsp3) is 0.467. The standard InChI is InChI=1S/C15H18N2O4/c1-3-20-13(18)9-15(11-16,10-14(19)21-4-2)12-5-7-17-8-6-12/h5-8H,3-4,9-10H2,1-2H3. The maximum absolute atomic E-state index is 11.8. The van der Waals surface area contributed by atoms with Crippen LogP contribution >= 0.6 is 0 Å². The molecule has 0 radical (unpaired) electrons. The van der Waals surface area contributed by atoms with E-state index in [1.165, 1.54) is 12.4 Å². The summed E-state index contributed by atoms with van der Waals surface area (Å²) >= 11 is 0. The van der Waals surface area contributed by atoms with Gasteiger partial charge in [-0.05, 0) is 31.5 Å². The Morgan fingerprint density at radius 2 is 1.62 bits per heavy atom. The van der Waals surface area contributed by atoms with Crippen molar-refractivity contribution < 1.29 is 19.1 Å². The second kappa shape index (κ2) is 8.00. The van der Waals surface area contributed by atoms with Gasteiger partial charge in [0.05, 0.1) is 32.1 Å². The first-order chi connectivity index (χ1) is 10.1. The second-order valence-corrected chi connectivity index (χ2v) is 4.39. The third-order valence-corrected chi connectivity index (χ3v) is 2.95. The van der Waals surface area contributed by atoms with Gasteiger partial charge < -0.3 is 9.47 Å². The fourth-order valence-corrected chi connectivity index (χ4v) is 2.00. The van der Waals surface area contributed by atoms with E-state index in [1.807, 2.05) is 0 Å². The van der Waals surface area contributed by atoms with E-state index >= 15 is 0 Å². The van der Waals surface area contributed by atoms with Crippen LogP contribution in [0, 0.1) is 11.3 Å². The van der Waals surface area contributed by atoms with Crippen molar-refractivity contribution in [1.82, 2.24) is 4.98 Å². The molecule has 1 rings (SSSR count). The topological polar surface area (TPSA) is 89.3 Å². The Kier molecular flexibility index (Phi) is 6.34.